The highest BCUT2D eigenvalue weighted by Crippen LogP contribution is 2.37. The van der Waals surface area contributed by atoms with Gasteiger partial charge < -0.3 is 10.4 Å². The Morgan fingerprint density at radius 2 is 2.44 bits per heavy atom. The molecule has 3 heteroatoms. The average Bonchev–Trinajstić information content (AvgIpc) is 2.83. The standard InChI is InChI=1S/C13H21NOS/c1-10-5-7-16-11(10)8-14-12-4-3-6-13(12,2)9-15/h5,7,12,14-15H,3-4,6,8-9H2,1-2H3. The van der Waals surface area contributed by atoms with Crippen LogP contribution < -0.4 is 5.32 Å². The molecule has 0 amide bonds. The summed E-state index contributed by atoms with van der Waals surface area (Å²) in [5.74, 6) is 0. The molecule has 2 unspecified atom stereocenters. The molecule has 16 heavy (non-hydrogen) atoms. The molecule has 0 spiro atoms. The minimum atomic E-state index is 0.0885. The van der Waals surface area contributed by atoms with Crippen LogP contribution in [-0.4, -0.2) is 17.8 Å². The summed E-state index contributed by atoms with van der Waals surface area (Å²) in [5, 5.41) is 15.2. The third-order valence-corrected chi connectivity index (χ3v) is 4.94. The summed E-state index contributed by atoms with van der Waals surface area (Å²) in [5.41, 5.74) is 1.46. The SMILES string of the molecule is Cc1ccsc1CNC1CCCC1(C)CO. The van der Waals surface area contributed by atoms with E-state index in [9.17, 15) is 5.11 Å². The lowest BCUT2D eigenvalue weighted by Gasteiger charge is -2.30. The van der Waals surface area contributed by atoms with E-state index in [0.717, 1.165) is 13.0 Å². The Morgan fingerprint density at radius 1 is 1.62 bits per heavy atom. The number of hydrogen-bond acceptors (Lipinski definition) is 3. The third kappa shape index (κ3) is 2.31. The predicted molar refractivity (Wildman–Crippen MR) is 68.7 cm³/mol. The van der Waals surface area contributed by atoms with E-state index in [4.69, 9.17) is 0 Å². The fourth-order valence-corrected chi connectivity index (χ4v) is 3.43. The smallest absolute Gasteiger partial charge is 0.0499 e. The minimum Gasteiger partial charge on any atom is -0.396 e. The first-order valence-electron chi connectivity index (χ1n) is 6.03. The molecule has 1 saturated carbocycles. The van der Waals surface area contributed by atoms with Crippen LogP contribution in [0.2, 0.25) is 0 Å². The van der Waals surface area contributed by atoms with Gasteiger partial charge in [0.25, 0.3) is 0 Å². The fourth-order valence-electron chi connectivity index (χ4n) is 2.57. The fraction of sp³-hybridized carbons (Fsp3) is 0.692. The molecule has 2 nitrogen and oxygen atoms in total. The van der Waals surface area contributed by atoms with E-state index in [1.54, 1.807) is 0 Å². The first kappa shape index (κ1) is 12.1. The summed E-state index contributed by atoms with van der Waals surface area (Å²) >= 11 is 1.82. The van der Waals surface area contributed by atoms with Crippen molar-refractivity contribution in [2.24, 2.45) is 5.41 Å². The number of aliphatic hydroxyl groups is 1. The number of rotatable bonds is 4. The highest BCUT2D eigenvalue weighted by molar-refractivity contribution is 7.10. The van der Waals surface area contributed by atoms with Gasteiger partial charge in [-0.1, -0.05) is 13.3 Å². The third-order valence-electron chi connectivity index (χ3n) is 3.92. The molecule has 0 radical (unpaired) electrons. The molecule has 0 aromatic carbocycles. The summed E-state index contributed by atoms with van der Waals surface area (Å²) in [4.78, 5) is 1.42. The highest BCUT2D eigenvalue weighted by Gasteiger charge is 2.37. The molecule has 0 saturated heterocycles. The van der Waals surface area contributed by atoms with Crippen LogP contribution in [0.4, 0.5) is 0 Å². The number of nitrogens with one attached hydrogen (secondary N) is 1. The summed E-state index contributed by atoms with van der Waals surface area (Å²) in [7, 11) is 0. The Morgan fingerprint density at radius 3 is 3.06 bits per heavy atom. The van der Waals surface area contributed by atoms with Crippen molar-refractivity contribution < 1.29 is 5.11 Å². The topological polar surface area (TPSA) is 32.3 Å². The first-order valence-corrected chi connectivity index (χ1v) is 6.91. The Balaban J connectivity index is 1.93. The minimum absolute atomic E-state index is 0.0885. The zero-order chi connectivity index (χ0) is 11.6. The molecule has 2 N–H and O–H groups in total. The van der Waals surface area contributed by atoms with Crippen molar-refractivity contribution in [3.63, 3.8) is 0 Å². The van der Waals surface area contributed by atoms with Crippen molar-refractivity contribution in [3.05, 3.63) is 21.9 Å². The summed E-state index contributed by atoms with van der Waals surface area (Å²) in [6.45, 7) is 5.60. The van der Waals surface area contributed by atoms with Gasteiger partial charge in [-0.2, -0.15) is 0 Å². The number of aliphatic hydroxyl groups excluding tert-OH is 1. The van der Waals surface area contributed by atoms with Crippen LogP contribution in [0.5, 0.6) is 0 Å². The van der Waals surface area contributed by atoms with Gasteiger partial charge in [0.15, 0.2) is 0 Å². The van der Waals surface area contributed by atoms with E-state index < -0.39 is 0 Å². The quantitative estimate of drug-likeness (QED) is 0.846. The predicted octanol–water partition coefficient (Wildman–Crippen LogP) is 2.70. The van der Waals surface area contributed by atoms with Gasteiger partial charge in [0, 0.05) is 29.5 Å². The van der Waals surface area contributed by atoms with Crippen molar-refractivity contribution in [2.75, 3.05) is 6.61 Å². The van der Waals surface area contributed by atoms with Gasteiger partial charge >= 0.3 is 0 Å². The normalized spacial score (nSPS) is 29.8. The van der Waals surface area contributed by atoms with Crippen LogP contribution in [-0.2, 0) is 6.54 Å². The molecule has 1 aliphatic rings. The van der Waals surface area contributed by atoms with Gasteiger partial charge in [0.05, 0.1) is 0 Å². The Labute approximate surface area is 102 Å². The van der Waals surface area contributed by atoms with Crippen molar-refractivity contribution >= 4 is 11.3 Å². The molecule has 2 rings (SSSR count). The lowest BCUT2D eigenvalue weighted by Crippen LogP contribution is -2.41. The maximum atomic E-state index is 9.47. The molecular formula is C13H21NOS. The first-order chi connectivity index (χ1) is 7.65. The second kappa shape index (κ2) is 4.86. The molecule has 2 atom stereocenters. The molecule has 1 fully saturated rings. The van der Waals surface area contributed by atoms with Crippen molar-refractivity contribution in [2.45, 2.75) is 45.7 Å². The summed E-state index contributed by atoms with van der Waals surface area (Å²) < 4.78 is 0. The van der Waals surface area contributed by atoms with Gasteiger partial charge in [-0.25, -0.2) is 0 Å². The van der Waals surface area contributed by atoms with E-state index in [1.165, 1.54) is 23.3 Å². The second-order valence-electron chi connectivity index (χ2n) is 5.16. The largest absolute Gasteiger partial charge is 0.396 e. The van der Waals surface area contributed by atoms with Crippen LogP contribution in [0.15, 0.2) is 11.4 Å². The van der Waals surface area contributed by atoms with Crippen LogP contribution in [0.3, 0.4) is 0 Å². The van der Waals surface area contributed by atoms with Crippen molar-refractivity contribution in [3.8, 4) is 0 Å². The molecule has 1 heterocycles. The van der Waals surface area contributed by atoms with E-state index >= 15 is 0 Å². The summed E-state index contributed by atoms with van der Waals surface area (Å²) in [6.07, 6.45) is 3.57. The van der Waals surface area contributed by atoms with Crippen LogP contribution in [0, 0.1) is 12.3 Å². The molecule has 1 aromatic heterocycles. The van der Waals surface area contributed by atoms with Gasteiger partial charge in [-0.05, 0) is 36.8 Å². The molecular weight excluding hydrogens is 218 g/mol. The zero-order valence-corrected chi connectivity index (χ0v) is 10.9. The lowest BCUT2D eigenvalue weighted by atomic mass is 9.86. The van der Waals surface area contributed by atoms with Crippen LogP contribution in [0.1, 0.15) is 36.6 Å². The molecule has 0 bridgehead atoms. The van der Waals surface area contributed by atoms with Crippen molar-refractivity contribution in [1.82, 2.24) is 5.32 Å². The maximum Gasteiger partial charge on any atom is 0.0499 e. The van der Waals surface area contributed by atoms with E-state index in [-0.39, 0.29) is 5.41 Å². The van der Waals surface area contributed by atoms with Gasteiger partial charge in [-0.15, -0.1) is 11.3 Å². The average molecular weight is 239 g/mol. The maximum absolute atomic E-state index is 9.47. The Kier molecular flexibility index (Phi) is 3.67. The molecule has 1 aliphatic carbocycles. The molecule has 0 aliphatic heterocycles. The molecule has 1 aromatic rings. The Bertz CT molecular complexity index is 349. The van der Waals surface area contributed by atoms with Gasteiger partial charge in [0.1, 0.15) is 0 Å². The van der Waals surface area contributed by atoms with E-state index in [1.807, 2.05) is 11.3 Å². The number of aryl methyl sites for hydroxylation is 1. The lowest BCUT2D eigenvalue weighted by molar-refractivity contribution is 0.118. The van der Waals surface area contributed by atoms with Gasteiger partial charge in [0.2, 0.25) is 0 Å². The summed E-state index contributed by atoms with van der Waals surface area (Å²) in [6, 6.07) is 2.64. The second-order valence-corrected chi connectivity index (χ2v) is 6.17. The molecule has 90 valence electrons. The van der Waals surface area contributed by atoms with Crippen LogP contribution in [0.25, 0.3) is 0 Å². The van der Waals surface area contributed by atoms with Crippen LogP contribution >= 0.6 is 11.3 Å². The van der Waals surface area contributed by atoms with Gasteiger partial charge in [-0.3, -0.25) is 0 Å². The Hall–Kier alpha value is -0.380. The van der Waals surface area contributed by atoms with E-state index in [0.29, 0.717) is 12.6 Å². The number of hydrogen-bond donors (Lipinski definition) is 2. The highest BCUT2D eigenvalue weighted by atomic mass is 32.1. The number of thiophene rings is 1. The van der Waals surface area contributed by atoms with Crippen molar-refractivity contribution in [1.29, 1.82) is 0 Å². The monoisotopic (exact) mass is 239 g/mol. The zero-order valence-electron chi connectivity index (χ0n) is 10.1. The van der Waals surface area contributed by atoms with E-state index in [2.05, 4.69) is 30.6 Å².